The van der Waals surface area contributed by atoms with Crippen LogP contribution in [0.15, 0.2) is 30.6 Å². The molecule has 0 radical (unpaired) electrons. The molecule has 2 aromatic heterocycles. The minimum atomic E-state index is -0.247. The SMILES string of the molecule is Cc1nccn1[C@H](C)C(=O)N1CCc2[nH]c3c(Cl)cccc3c2C1. The number of hydrogen-bond acceptors (Lipinski definition) is 2. The largest absolute Gasteiger partial charge is 0.357 e. The van der Waals surface area contributed by atoms with Crippen molar-refractivity contribution in [3.8, 4) is 0 Å². The van der Waals surface area contributed by atoms with Gasteiger partial charge in [0.2, 0.25) is 5.91 Å². The Morgan fingerprint density at radius 2 is 2.25 bits per heavy atom. The molecule has 1 atom stereocenters. The fraction of sp³-hybridized carbons (Fsp3) is 0.333. The molecule has 1 amide bonds. The van der Waals surface area contributed by atoms with Gasteiger partial charge in [-0.3, -0.25) is 4.79 Å². The number of H-pyrrole nitrogens is 1. The van der Waals surface area contributed by atoms with E-state index < -0.39 is 0 Å². The number of imidazole rings is 1. The second-order valence-electron chi connectivity index (χ2n) is 6.31. The summed E-state index contributed by atoms with van der Waals surface area (Å²) in [6, 6.07) is 5.66. The highest BCUT2D eigenvalue weighted by Gasteiger charge is 2.28. The summed E-state index contributed by atoms with van der Waals surface area (Å²) in [4.78, 5) is 22.5. The first kappa shape index (κ1) is 15.3. The minimum absolute atomic E-state index is 0.123. The number of aryl methyl sites for hydroxylation is 1. The maximum atomic E-state index is 12.9. The van der Waals surface area contributed by atoms with E-state index in [2.05, 4.69) is 16.0 Å². The maximum absolute atomic E-state index is 12.9. The lowest BCUT2D eigenvalue weighted by Gasteiger charge is -2.30. The Kier molecular flexibility index (Phi) is 3.61. The summed E-state index contributed by atoms with van der Waals surface area (Å²) in [5.41, 5.74) is 3.34. The third kappa shape index (κ3) is 2.31. The van der Waals surface area contributed by atoms with Gasteiger partial charge in [0, 0.05) is 48.5 Å². The Labute approximate surface area is 145 Å². The van der Waals surface area contributed by atoms with E-state index in [-0.39, 0.29) is 11.9 Å². The summed E-state index contributed by atoms with van der Waals surface area (Å²) < 4.78 is 1.92. The van der Waals surface area contributed by atoms with Crippen LogP contribution in [0.5, 0.6) is 0 Å². The average Bonchev–Trinajstić information content (AvgIpc) is 3.17. The van der Waals surface area contributed by atoms with E-state index >= 15 is 0 Å². The van der Waals surface area contributed by atoms with Crippen molar-refractivity contribution in [3.05, 3.63) is 52.7 Å². The summed E-state index contributed by atoms with van der Waals surface area (Å²) in [5, 5.41) is 1.84. The van der Waals surface area contributed by atoms with E-state index in [0.29, 0.717) is 13.1 Å². The smallest absolute Gasteiger partial charge is 0.245 e. The predicted molar refractivity (Wildman–Crippen MR) is 94.1 cm³/mol. The molecule has 0 saturated heterocycles. The van der Waals surface area contributed by atoms with Crippen LogP contribution >= 0.6 is 11.6 Å². The van der Waals surface area contributed by atoms with Crippen LogP contribution in [0.4, 0.5) is 0 Å². The van der Waals surface area contributed by atoms with Gasteiger partial charge in [-0.1, -0.05) is 23.7 Å². The molecule has 0 fully saturated rings. The molecule has 1 aromatic carbocycles. The van der Waals surface area contributed by atoms with Gasteiger partial charge < -0.3 is 14.5 Å². The molecule has 24 heavy (non-hydrogen) atoms. The van der Waals surface area contributed by atoms with Gasteiger partial charge in [-0.05, 0) is 19.9 Å². The molecular weight excluding hydrogens is 324 g/mol. The number of aromatic amines is 1. The number of para-hydroxylation sites is 1. The number of carbonyl (C=O) groups is 1. The molecule has 6 heteroatoms. The highest BCUT2D eigenvalue weighted by atomic mass is 35.5. The van der Waals surface area contributed by atoms with Crippen LogP contribution in [-0.4, -0.2) is 31.9 Å². The molecule has 0 spiro atoms. The van der Waals surface area contributed by atoms with Crippen LogP contribution in [0.25, 0.3) is 10.9 Å². The van der Waals surface area contributed by atoms with Gasteiger partial charge in [0.1, 0.15) is 11.9 Å². The number of fused-ring (bicyclic) bond motifs is 3. The average molecular weight is 343 g/mol. The monoisotopic (exact) mass is 342 g/mol. The molecule has 124 valence electrons. The molecular formula is C18H19ClN4O. The van der Waals surface area contributed by atoms with Gasteiger partial charge in [-0.15, -0.1) is 0 Å². The molecule has 3 heterocycles. The third-order valence-electron chi connectivity index (χ3n) is 4.91. The molecule has 0 saturated carbocycles. The van der Waals surface area contributed by atoms with Crippen LogP contribution < -0.4 is 0 Å². The van der Waals surface area contributed by atoms with Crippen molar-refractivity contribution < 1.29 is 4.79 Å². The van der Waals surface area contributed by atoms with E-state index in [4.69, 9.17) is 11.6 Å². The first-order chi connectivity index (χ1) is 11.6. The fourth-order valence-corrected chi connectivity index (χ4v) is 3.79. The molecule has 1 aliphatic heterocycles. The van der Waals surface area contributed by atoms with Crippen molar-refractivity contribution in [2.24, 2.45) is 0 Å². The highest BCUT2D eigenvalue weighted by molar-refractivity contribution is 6.35. The van der Waals surface area contributed by atoms with Crippen molar-refractivity contribution in [1.29, 1.82) is 0 Å². The lowest BCUT2D eigenvalue weighted by atomic mass is 10.0. The molecule has 3 aromatic rings. The number of carbonyl (C=O) groups excluding carboxylic acids is 1. The second-order valence-corrected chi connectivity index (χ2v) is 6.72. The second kappa shape index (κ2) is 5.67. The molecule has 4 rings (SSSR count). The number of nitrogens with one attached hydrogen (secondary N) is 1. The lowest BCUT2D eigenvalue weighted by Crippen LogP contribution is -2.39. The first-order valence-corrected chi connectivity index (χ1v) is 8.50. The van der Waals surface area contributed by atoms with E-state index in [1.165, 1.54) is 11.3 Å². The number of hydrogen-bond donors (Lipinski definition) is 1. The van der Waals surface area contributed by atoms with Crippen LogP contribution in [0.3, 0.4) is 0 Å². The zero-order valence-electron chi connectivity index (χ0n) is 13.7. The number of benzene rings is 1. The maximum Gasteiger partial charge on any atom is 0.245 e. The number of rotatable bonds is 2. The first-order valence-electron chi connectivity index (χ1n) is 8.12. The van der Waals surface area contributed by atoms with E-state index in [1.54, 1.807) is 6.20 Å². The van der Waals surface area contributed by atoms with Gasteiger partial charge >= 0.3 is 0 Å². The van der Waals surface area contributed by atoms with Crippen molar-refractivity contribution in [1.82, 2.24) is 19.4 Å². The van der Waals surface area contributed by atoms with Crippen LogP contribution in [-0.2, 0) is 17.8 Å². The number of amides is 1. The fourth-order valence-electron chi connectivity index (χ4n) is 3.57. The van der Waals surface area contributed by atoms with Crippen molar-refractivity contribution >= 4 is 28.4 Å². The molecule has 0 unspecified atom stereocenters. The van der Waals surface area contributed by atoms with Crippen molar-refractivity contribution in [2.75, 3.05) is 6.54 Å². The zero-order chi connectivity index (χ0) is 16.8. The van der Waals surface area contributed by atoms with Crippen molar-refractivity contribution in [2.45, 2.75) is 32.9 Å². The molecule has 1 N–H and O–H groups in total. The molecule has 1 aliphatic rings. The highest BCUT2D eigenvalue weighted by Crippen LogP contribution is 2.32. The third-order valence-corrected chi connectivity index (χ3v) is 5.22. The summed E-state index contributed by atoms with van der Waals surface area (Å²) >= 11 is 6.29. The van der Waals surface area contributed by atoms with Gasteiger partial charge in [-0.2, -0.15) is 0 Å². The molecule has 0 bridgehead atoms. The van der Waals surface area contributed by atoms with E-state index in [1.807, 2.05) is 41.6 Å². The normalized spacial score (nSPS) is 15.5. The van der Waals surface area contributed by atoms with Gasteiger partial charge in [0.05, 0.1) is 10.5 Å². The standard InChI is InChI=1S/C18H19ClN4O/c1-11(23-9-7-20-12(23)2)18(24)22-8-6-16-14(10-22)13-4-3-5-15(19)17(13)21-16/h3-5,7,9,11,21H,6,8,10H2,1-2H3/t11-/m1/s1. The summed E-state index contributed by atoms with van der Waals surface area (Å²) in [5.74, 6) is 0.977. The topological polar surface area (TPSA) is 53.9 Å². The number of aromatic nitrogens is 3. The quantitative estimate of drug-likeness (QED) is 0.775. The lowest BCUT2D eigenvalue weighted by molar-refractivity contribution is -0.135. The van der Waals surface area contributed by atoms with Gasteiger partial charge in [0.25, 0.3) is 0 Å². The number of halogens is 1. The van der Waals surface area contributed by atoms with Gasteiger partial charge in [-0.25, -0.2) is 4.98 Å². The van der Waals surface area contributed by atoms with Crippen LogP contribution in [0.1, 0.15) is 30.0 Å². The summed E-state index contributed by atoms with van der Waals surface area (Å²) in [6.07, 6.45) is 4.41. The van der Waals surface area contributed by atoms with E-state index in [9.17, 15) is 4.79 Å². The van der Waals surface area contributed by atoms with Crippen LogP contribution in [0.2, 0.25) is 5.02 Å². The molecule has 5 nitrogen and oxygen atoms in total. The minimum Gasteiger partial charge on any atom is -0.357 e. The van der Waals surface area contributed by atoms with Crippen molar-refractivity contribution in [3.63, 3.8) is 0 Å². The predicted octanol–water partition coefficient (Wildman–Crippen LogP) is 3.47. The van der Waals surface area contributed by atoms with Gasteiger partial charge in [0.15, 0.2) is 0 Å². The number of nitrogens with zero attached hydrogens (tertiary/aromatic N) is 3. The molecule has 0 aliphatic carbocycles. The summed E-state index contributed by atoms with van der Waals surface area (Å²) in [7, 11) is 0. The summed E-state index contributed by atoms with van der Waals surface area (Å²) in [6.45, 7) is 5.18. The zero-order valence-corrected chi connectivity index (χ0v) is 14.5. The Hall–Kier alpha value is -2.27. The Morgan fingerprint density at radius 3 is 3.00 bits per heavy atom. The van der Waals surface area contributed by atoms with E-state index in [0.717, 1.165) is 28.2 Å². The Morgan fingerprint density at radius 1 is 1.42 bits per heavy atom. The van der Waals surface area contributed by atoms with Crippen LogP contribution in [0, 0.1) is 6.92 Å². The Balaban J connectivity index is 1.64. The Bertz CT molecular complexity index is 926.